The molecule has 1 aromatic rings. The van der Waals surface area contributed by atoms with Crippen LogP contribution in [-0.4, -0.2) is 56.0 Å². The number of hydrogen-bond acceptors (Lipinski definition) is 4. The van der Waals surface area contributed by atoms with Crippen molar-refractivity contribution in [2.45, 2.75) is 19.3 Å². The maximum atomic E-state index is 10.7. The van der Waals surface area contributed by atoms with Crippen LogP contribution in [0, 0.1) is 16.0 Å². The summed E-state index contributed by atoms with van der Waals surface area (Å²) in [6.07, 6.45) is 3.29. The van der Waals surface area contributed by atoms with Crippen LogP contribution in [0.2, 0.25) is 0 Å². The van der Waals surface area contributed by atoms with E-state index < -0.39 is 0 Å². The van der Waals surface area contributed by atoms with Crippen LogP contribution in [0.4, 0.5) is 5.69 Å². The molecule has 21 heavy (non-hydrogen) atoms. The smallest absolute Gasteiger partial charge is 0.269 e. The molecule has 0 aliphatic carbocycles. The number of nitro groups is 1. The van der Waals surface area contributed by atoms with Crippen LogP contribution in [0.25, 0.3) is 0 Å². The van der Waals surface area contributed by atoms with E-state index in [2.05, 4.69) is 38.0 Å². The van der Waals surface area contributed by atoms with Crippen molar-refractivity contribution in [3.63, 3.8) is 0 Å². The second kappa shape index (κ2) is 8.74. The van der Waals surface area contributed by atoms with E-state index in [0.29, 0.717) is 5.92 Å². The molecule has 0 aliphatic heterocycles. The molecule has 0 saturated heterocycles. The topological polar surface area (TPSA) is 49.6 Å². The Labute approximate surface area is 127 Å². The summed E-state index contributed by atoms with van der Waals surface area (Å²) < 4.78 is 0. The highest BCUT2D eigenvalue weighted by Crippen LogP contribution is 2.19. The summed E-state index contributed by atoms with van der Waals surface area (Å²) in [5, 5.41) is 10.7. The Morgan fingerprint density at radius 2 is 1.48 bits per heavy atom. The van der Waals surface area contributed by atoms with Crippen molar-refractivity contribution in [2.75, 3.05) is 41.3 Å². The van der Waals surface area contributed by atoms with Crippen molar-refractivity contribution in [1.82, 2.24) is 9.80 Å². The predicted octanol–water partition coefficient (Wildman–Crippen LogP) is 2.66. The van der Waals surface area contributed by atoms with Crippen LogP contribution in [0.1, 0.15) is 18.4 Å². The number of non-ortho nitro benzene ring substituents is 1. The third-order valence-corrected chi connectivity index (χ3v) is 3.64. The van der Waals surface area contributed by atoms with Gasteiger partial charge in [0.2, 0.25) is 0 Å². The zero-order chi connectivity index (χ0) is 15.8. The van der Waals surface area contributed by atoms with Crippen molar-refractivity contribution < 1.29 is 4.92 Å². The molecule has 5 heteroatoms. The molecular formula is C16H27N3O2. The summed E-state index contributed by atoms with van der Waals surface area (Å²) in [4.78, 5) is 14.7. The molecule has 0 aromatic heterocycles. The lowest BCUT2D eigenvalue weighted by atomic mass is 9.92. The van der Waals surface area contributed by atoms with Gasteiger partial charge in [0.15, 0.2) is 0 Å². The first-order valence-electron chi connectivity index (χ1n) is 7.41. The van der Waals surface area contributed by atoms with Crippen LogP contribution >= 0.6 is 0 Å². The third kappa shape index (κ3) is 7.20. The average Bonchev–Trinajstić information content (AvgIpc) is 2.42. The first kappa shape index (κ1) is 17.6. The molecule has 0 N–H and O–H groups in total. The average molecular weight is 293 g/mol. The van der Waals surface area contributed by atoms with E-state index in [1.54, 1.807) is 12.1 Å². The van der Waals surface area contributed by atoms with E-state index in [1.807, 2.05) is 12.1 Å². The second-order valence-corrected chi connectivity index (χ2v) is 6.18. The number of rotatable bonds is 9. The summed E-state index contributed by atoms with van der Waals surface area (Å²) >= 11 is 0. The van der Waals surface area contributed by atoms with E-state index in [9.17, 15) is 10.1 Å². The van der Waals surface area contributed by atoms with E-state index >= 15 is 0 Å². The minimum absolute atomic E-state index is 0.164. The Hall–Kier alpha value is -1.46. The van der Waals surface area contributed by atoms with Crippen molar-refractivity contribution in [3.8, 4) is 0 Å². The first-order chi connectivity index (χ1) is 9.88. The van der Waals surface area contributed by atoms with Gasteiger partial charge in [-0.05, 0) is 72.0 Å². The Kier molecular flexibility index (Phi) is 7.32. The monoisotopic (exact) mass is 293 g/mol. The quantitative estimate of drug-likeness (QED) is 0.519. The molecule has 1 aromatic carbocycles. The zero-order valence-electron chi connectivity index (χ0n) is 13.6. The molecule has 0 atom stereocenters. The van der Waals surface area contributed by atoms with Gasteiger partial charge in [-0.1, -0.05) is 12.1 Å². The van der Waals surface area contributed by atoms with Crippen molar-refractivity contribution in [3.05, 3.63) is 39.9 Å². The van der Waals surface area contributed by atoms with Crippen LogP contribution in [0.3, 0.4) is 0 Å². The van der Waals surface area contributed by atoms with Gasteiger partial charge in [-0.25, -0.2) is 0 Å². The van der Waals surface area contributed by atoms with Gasteiger partial charge in [0, 0.05) is 12.1 Å². The minimum atomic E-state index is -0.348. The molecule has 0 unspecified atom stereocenters. The third-order valence-electron chi connectivity index (χ3n) is 3.64. The molecular weight excluding hydrogens is 266 g/mol. The van der Waals surface area contributed by atoms with Gasteiger partial charge in [0.05, 0.1) is 4.92 Å². The molecule has 1 rings (SSSR count). The van der Waals surface area contributed by atoms with E-state index in [-0.39, 0.29) is 10.6 Å². The highest BCUT2D eigenvalue weighted by Gasteiger charge is 2.12. The van der Waals surface area contributed by atoms with Crippen molar-refractivity contribution >= 4 is 5.69 Å². The standard InChI is InChI=1S/C16H27N3O2/c1-17(2)11-9-15(10-12-18(3)4)13-14-5-7-16(8-6-14)19(20)21/h5-8,15H,9-13H2,1-4H3. The molecule has 118 valence electrons. The van der Waals surface area contributed by atoms with Gasteiger partial charge in [-0.15, -0.1) is 0 Å². The van der Waals surface area contributed by atoms with Crippen molar-refractivity contribution in [2.24, 2.45) is 5.92 Å². The maximum Gasteiger partial charge on any atom is 0.269 e. The van der Waals surface area contributed by atoms with Gasteiger partial charge in [0.1, 0.15) is 0 Å². The molecule has 0 bridgehead atoms. The molecule has 0 saturated carbocycles. The van der Waals surface area contributed by atoms with Gasteiger partial charge in [-0.2, -0.15) is 0 Å². The molecule has 0 amide bonds. The number of benzene rings is 1. The Balaban J connectivity index is 2.62. The fourth-order valence-electron chi connectivity index (χ4n) is 2.32. The van der Waals surface area contributed by atoms with Gasteiger partial charge in [0.25, 0.3) is 5.69 Å². The van der Waals surface area contributed by atoms with Crippen LogP contribution in [0.15, 0.2) is 24.3 Å². The first-order valence-corrected chi connectivity index (χ1v) is 7.41. The molecule has 0 heterocycles. The normalized spacial score (nSPS) is 11.6. The van der Waals surface area contributed by atoms with Gasteiger partial charge in [-0.3, -0.25) is 10.1 Å². The Morgan fingerprint density at radius 1 is 1.00 bits per heavy atom. The largest absolute Gasteiger partial charge is 0.309 e. The van der Waals surface area contributed by atoms with Crippen LogP contribution in [0.5, 0.6) is 0 Å². The number of nitrogens with zero attached hydrogens (tertiary/aromatic N) is 3. The lowest BCUT2D eigenvalue weighted by molar-refractivity contribution is -0.384. The highest BCUT2D eigenvalue weighted by molar-refractivity contribution is 5.33. The van der Waals surface area contributed by atoms with Crippen LogP contribution in [-0.2, 0) is 6.42 Å². The Morgan fingerprint density at radius 3 is 1.86 bits per heavy atom. The molecule has 0 radical (unpaired) electrons. The fraction of sp³-hybridized carbons (Fsp3) is 0.625. The lowest BCUT2D eigenvalue weighted by Crippen LogP contribution is -2.22. The molecule has 0 fully saturated rings. The SMILES string of the molecule is CN(C)CCC(CCN(C)C)Cc1ccc([N+](=O)[O-])cc1. The summed E-state index contributed by atoms with van der Waals surface area (Å²) in [5.41, 5.74) is 1.35. The van der Waals surface area contributed by atoms with E-state index in [0.717, 1.165) is 32.4 Å². The zero-order valence-corrected chi connectivity index (χ0v) is 13.6. The molecule has 0 spiro atoms. The number of nitro benzene ring substituents is 1. The summed E-state index contributed by atoms with van der Waals surface area (Å²) in [7, 11) is 8.37. The number of hydrogen-bond donors (Lipinski definition) is 0. The summed E-state index contributed by atoms with van der Waals surface area (Å²) in [6, 6.07) is 6.97. The fourth-order valence-corrected chi connectivity index (χ4v) is 2.32. The minimum Gasteiger partial charge on any atom is -0.309 e. The predicted molar refractivity (Wildman–Crippen MR) is 86.6 cm³/mol. The van der Waals surface area contributed by atoms with E-state index in [4.69, 9.17) is 0 Å². The summed E-state index contributed by atoms with van der Waals surface area (Å²) in [5.74, 6) is 0.608. The lowest BCUT2D eigenvalue weighted by Gasteiger charge is -2.21. The maximum absolute atomic E-state index is 10.7. The molecule has 5 nitrogen and oxygen atoms in total. The highest BCUT2D eigenvalue weighted by atomic mass is 16.6. The Bertz CT molecular complexity index is 418. The van der Waals surface area contributed by atoms with Gasteiger partial charge >= 0.3 is 0 Å². The molecule has 0 aliphatic rings. The summed E-state index contributed by atoms with van der Waals surface area (Å²) in [6.45, 7) is 2.15. The van der Waals surface area contributed by atoms with Crippen molar-refractivity contribution in [1.29, 1.82) is 0 Å². The van der Waals surface area contributed by atoms with Crippen LogP contribution < -0.4 is 0 Å². The van der Waals surface area contributed by atoms with E-state index in [1.165, 1.54) is 5.56 Å². The van der Waals surface area contributed by atoms with Gasteiger partial charge < -0.3 is 9.80 Å². The second-order valence-electron chi connectivity index (χ2n) is 6.18.